The third kappa shape index (κ3) is 6.15. The van der Waals surface area contributed by atoms with Gasteiger partial charge in [-0.1, -0.05) is 53.2 Å². The number of benzene rings is 2. The lowest BCUT2D eigenvalue weighted by Gasteiger charge is -2.41. The molecule has 0 aromatic heterocycles. The standard InChI is InChI=1S/C28H42N2O3/c1-10-13-25(28(6,7)8)30(27(32)21-16-18(3)20(5)19(4)17-21)29-26(31)23-14-12-15-24(33-9)22(23)11-2/h12,14-17,25-26,29,31H,10-11,13H2,1-9H3. The highest BCUT2D eigenvalue weighted by molar-refractivity contribution is 5.94. The number of ether oxygens (including phenoxy) is 1. The lowest BCUT2D eigenvalue weighted by Crippen LogP contribution is -2.55. The number of nitrogens with zero attached hydrogens (tertiary/aromatic N) is 1. The first kappa shape index (κ1) is 26.9. The summed E-state index contributed by atoms with van der Waals surface area (Å²) in [7, 11) is 1.63. The molecule has 0 fully saturated rings. The molecule has 0 aliphatic carbocycles. The molecule has 2 aromatic carbocycles. The van der Waals surface area contributed by atoms with Crippen molar-refractivity contribution in [1.82, 2.24) is 10.4 Å². The highest BCUT2D eigenvalue weighted by Gasteiger charge is 2.35. The molecule has 0 radical (unpaired) electrons. The molecule has 0 aliphatic heterocycles. The van der Waals surface area contributed by atoms with Crippen molar-refractivity contribution < 1.29 is 14.6 Å². The smallest absolute Gasteiger partial charge is 0.268 e. The van der Waals surface area contributed by atoms with E-state index in [-0.39, 0.29) is 17.4 Å². The molecule has 0 saturated carbocycles. The Morgan fingerprint density at radius 3 is 2.21 bits per heavy atom. The Balaban J connectivity index is 2.55. The second-order valence-corrected chi connectivity index (χ2v) is 9.99. The number of hydrazine groups is 1. The number of nitrogens with one attached hydrogen (secondary N) is 1. The van der Waals surface area contributed by atoms with Gasteiger partial charge in [0.25, 0.3) is 5.91 Å². The summed E-state index contributed by atoms with van der Waals surface area (Å²) in [6.07, 6.45) is 1.40. The van der Waals surface area contributed by atoms with Gasteiger partial charge in [0.2, 0.25) is 0 Å². The molecule has 0 spiro atoms. The fraction of sp³-hybridized carbons (Fsp3) is 0.536. The van der Waals surface area contributed by atoms with Crippen LogP contribution in [0.15, 0.2) is 30.3 Å². The van der Waals surface area contributed by atoms with Crippen LogP contribution in [0.5, 0.6) is 5.75 Å². The van der Waals surface area contributed by atoms with Crippen LogP contribution in [0.2, 0.25) is 0 Å². The minimum Gasteiger partial charge on any atom is -0.496 e. The van der Waals surface area contributed by atoms with E-state index in [0.29, 0.717) is 12.0 Å². The van der Waals surface area contributed by atoms with Gasteiger partial charge in [-0.15, -0.1) is 0 Å². The van der Waals surface area contributed by atoms with E-state index >= 15 is 0 Å². The van der Waals surface area contributed by atoms with Gasteiger partial charge in [-0.05, 0) is 73.9 Å². The summed E-state index contributed by atoms with van der Waals surface area (Å²) in [5.74, 6) is 0.606. The number of hydrogen-bond acceptors (Lipinski definition) is 4. The van der Waals surface area contributed by atoms with Crippen molar-refractivity contribution in [2.24, 2.45) is 5.41 Å². The lowest BCUT2D eigenvalue weighted by molar-refractivity contribution is -0.0160. The molecule has 2 rings (SSSR count). The first-order valence-corrected chi connectivity index (χ1v) is 12.0. The summed E-state index contributed by atoms with van der Waals surface area (Å²) in [4.78, 5) is 13.9. The van der Waals surface area contributed by atoms with Gasteiger partial charge in [0.15, 0.2) is 0 Å². The van der Waals surface area contributed by atoms with Gasteiger partial charge in [-0.2, -0.15) is 5.43 Å². The van der Waals surface area contributed by atoms with Gasteiger partial charge in [-0.3, -0.25) is 9.80 Å². The van der Waals surface area contributed by atoms with Gasteiger partial charge < -0.3 is 9.84 Å². The van der Waals surface area contributed by atoms with Crippen molar-refractivity contribution in [3.05, 3.63) is 63.7 Å². The zero-order valence-corrected chi connectivity index (χ0v) is 21.9. The molecule has 0 aliphatic rings. The Kier molecular flexibility index (Phi) is 9.10. The number of aryl methyl sites for hydroxylation is 2. The predicted octanol–water partition coefficient (Wildman–Crippen LogP) is 6.04. The van der Waals surface area contributed by atoms with Gasteiger partial charge in [0.1, 0.15) is 12.0 Å². The van der Waals surface area contributed by atoms with Gasteiger partial charge in [0, 0.05) is 16.7 Å². The third-order valence-corrected chi connectivity index (χ3v) is 6.56. The normalized spacial score (nSPS) is 13.5. The maximum absolute atomic E-state index is 13.9. The fourth-order valence-electron chi connectivity index (χ4n) is 4.42. The first-order chi connectivity index (χ1) is 15.5. The number of aliphatic hydroxyl groups excluding tert-OH is 1. The Labute approximate surface area is 200 Å². The monoisotopic (exact) mass is 454 g/mol. The number of hydrogen-bond donors (Lipinski definition) is 2. The second-order valence-electron chi connectivity index (χ2n) is 9.99. The van der Waals surface area contributed by atoms with Gasteiger partial charge in [-0.25, -0.2) is 0 Å². The molecule has 0 saturated heterocycles. The number of amides is 1. The number of carbonyl (C=O) groups excluding carboxylic acids is 1. The van der Waals surface area contributed by atoms with Crippen molar-refractivity contribution >= 4 is 5.91 Å². The Hall–Kier alpha value is -2.37. The third-order valence-electron chi connectivity index (χ3n) is 6.56. The van der Waals surface area contributed by atoms with E-state index in [0.717, 1.165) is 40.8 Å². The maximum atomic E-state index is 13.9. The van der Waals surface area contributed by atoms with Crippen molar-refractivity contribution in [3.63, 3.8) is 0 Å². The SMILES string of the molecule is CCCC(N(NC(O)c1cccc(OC)c1CC)C(=O)c1cc(C)c(C)c(C)c1)C(C)(C)C. The molecule has 0 heterocycles. The van der Waals surface area contributed by atoms with E-state index in [1.54, 1.807) is 12.1 Å². The molecule has 0 bridgehead atoms. The first-order valence-electron chi connectivity index (χ1n) is 12.0. The van der Waals surface area contributed by atoms with E-state index < -0.39 is 6.23 Å². The van der Waals surface area contributed by atoms with E-state index in [9.17, 15) is 9.90 Å². The lowest BCUT2D eigenvalue weighted by atomic mass is 9.83. The van der Waals surface area contributed by atoms with Crippen molar-refractivity contribution in [2.75, 3.05) is 7.11 Å². The van der Waals surface area contributed by atoms with Gasteiger partial charge >= 0.3 is 0 Å². The van der Waals surface area contributed by atoms with E-state index in [2.05, 4.69) is 40.0 Å². The average Bonchev–Trinajstić information content (AvgIpc) is 2.77. The maximum Gasteiger partial charge on any atom is 0.268 e. The predicted molar refractivity (Wildman–Crippen MR) is 135 cm³/mol. The van der Waals surface area contributed by atoms with Crippen molar-refractivity contribution in [1.29, 1.82) is 0 Å². The average molecular weight is 455 g/mol. The Bertz CT molecular complexity index is 939. The molecule has 5 nitrogen and oxygen atoms in total. The summed E-state index contributed by atoms with van der Waals surface area (Å²) in [6, 6.07) is 9.42. The summed E-state index contributed by atoms with van der Waals surface area (Å²) >= 11 is 0. The minimum absolute atomic E-state index is 0.109. The molecule has 2 N–H and O–H groups in total. The molecule has 2 aromatic rings. The quantitative estimate of drug-likeness (QED) is 0.358. The zero-order chi connectivity index (χ0) is 24.9. The molecular formula is C28H42N2O3. The fourth-order valence-corrected chi connectivity index (χ4v) is 4.42. The van der Waals surface area contributed by atoms with Crippen LogP contribution in [-0.4, -0.2) is 29.2 Å². The number of rotatable bonds is 9. The van der Waals surface area contributed by atoms with E-state index in [1.807, 2.05) is 51.1 Å². The van der Waals surface area contributed by atoms with Crippen molar-refractivity contribution in [3.8, 4) is 5.75 Å². The van der Waals surface area contributed by atoms with Gasteiger partial charge in [0.05, 0.1) is 13.2 Å². The van der Waals surface area contributed by atoms with Crippen LogP contribution in [0.1, 0.15) is 91.9 Å². The molecular weight excluding hydrogens is 412 g/mol. The van der Waals surface area contributed by atoms with Crippen molar-refractivity contribution in [2.45, 2.75) is 86.9 Å². The highest BCUT2D eigenvalue weighted by atomic mass is 16.5. The summed E-state index contributed by atoms with van der Waals surface area (Å²) in [5.41, 5.74) is 8.64. The van der Waals surface area contributed by atoms with Crippen LogP contribution in [0, 0.1) is 26.2 Å². The number of methoxy groups -OCH3 is 1. The second kappa shape index (κ2) is 11.2. The van der Waals surface area contributed by atoms with Crippen LogP contribution < -0.4 is 10.2 Å². The Morgan fingerprint density at radius 1 is 1.12 bits per heavy atom. The Morgan fingerprint density at radius 2 is 1.73 bits per heavy atom. The minimum atomic E-state index is -1.05. The summed E-state index contributed by atoms with van der Waals surface area (Å²) in [6.45, 7) is 16.7. The summed E-state index contributed by atoms with van der Waals surface area (Å²) in [5, 5.41) is 13.0. The molecule has 33 heavy (non-hydrogen) atoms. The number of aliphatic hydroxyl groups is 1. The molecule has 1 amide bonds. The molecule has 5 heteroatoms. The molecule has 182 valence electrons. The zero-order valence-electron chi connectivity index (χ0n) is 21.9. The largest absolute Gasteiger partial charge is 0.496 e. The van der Waals surface area contributed by atoms with Crippen LogP contribution in [-0.2, 0) is 6.42 Å². The molecule has 2 unspecified atom stereocenters. The summed E-state index contributed by atoms with van der Waals surface area (Å²) < 4.78 is 5.51. The van der Waals surface area contributed by atoms with Crippen LogP contribution in [0.3, 0.4) is 0 Å². The van der Waals surface area contributed by atoms with E-state index in [4.69, 9.17) is 4.74 Å². The highest BCUT2D eigenvalue weighted by Crippen LogP contribution is 2.31. The number of carbonyl (C=O) groups is 1. The molecule has 2 atom stereocenters. The topological polar surface area (TPSA) is 61.8 Å². The van der Waals surface area contributed by atoms with Crippen LogP contribution in [0.4, 0.5) is 0 Å². The van der Waals surface area contributed by atoms with Crippen LogP contribution >= 0.6 is 0 Å². The van der Waals surface area contributed by atoms with Crippen LogP contribution in [0.25, 0.3) is 0 Å². The van der Waals surface area contributed by atoms with E-state index in [1.165, 1.54) is 5.56 Å².